The zero-order valence-electron chi connectivity index (χ0n) is 10.0. The predicted octanol–water partition coefficient (Wildman–Crippen LogP) is 2.71. The molecule has 0 aromatic heterocycles. The fourth-order valence-corrected chi connectivity index (χ4v) is 3.37. The highest BCUT2D eigenvalue weighted by atomic mass is 16.5. The van der Waals surface area contributed by atoms with Crippen molar-refractivity contribution >= 4 is 0 Å². The summed E-state index contributed by atoms with van der Waals surface area (Å²) < 4.78 is 5.59. The third kappa shape index (κ3) is 2.54. The highest BCUT2D eigenvalue weighted by molar-refractivity contribution is 4.96. The Morgan fingerprint density at radius 1 is 1.33 bits per heavy atom. The topological polar surface area (TPSA) is 35.2 Å². The highest BCUT2D eigenvalue weighted by Crippen LogP contribution is 2.39. The van der Waals surface area contributed by atoms with Gasteiger partial charge in [-0.2, -0.15) is 0 Å². The molecule has 2 nitrogen and oxygen atoms in total. The van der Waals surface area contributed by atoms with Gasteiger partial charge in [-0.05, 0) is 31.6 Å². The number of rotatable bonds is 2. The van der Waals surface area contributed by atoms with Crippen LogP contribution in [0.5, 0.6) is 0 Å². The molecule has 0 bridgehead atoms. The molecule has 1 saturated carbocycles. The summed E-state index contributed by atoms with van der Waals surface area (Å²) in [5, 5.41) is 0. The van der Waals surface area contributed by atoms with Crippen molar-refractivity contribution in [3.05, 3.63) is 0 Å². The predicted molar refractivity (Wildman–Crippen MR) is 62.7 cm³/mol. The van der Waals surface area contributed by atoms with Crippen LogP contribution in [-0.4, -0.2) is 18.8 Å². The van der Waals surface area contributed by atoms with Crippen LogP contribution in [0.1, 0.15) is 51.9 Å². The van der Waals surface area contributed by atoms with E-state index in [0.717, 1.165) is 19.1 Å². The largest absolute Gasteiger partial charge is 0.381 e. The normalized spacial score (nSPS) is 42.8. The summed E-state index contributed by atoms with van der Waals surface area (Å²) in [7, 11) is 0. The van der Waals surface area contributed by atoms with Crippen LogP contribution in [0.4, 0.5) is 0 Å². The van der Waals surface area contributed by atoms with E-state index in [2.05, 4.69) is 6.92 Å². The first-order valence-electron chi connectivity index (χ1n) is 6.61. The molecule has 3 unspecified atom stereocenters. The summed E-state index contributed by atoms with van der Waals surface area (Å²) in [5.74, 6) is 1.49. The maximum Gasteiger partial charge on any atom is 0.0511 e. The first-order valence-corrected chi connectivity index (χ1v) is 6.61. The van der Waals surface area contributed by atoms with Gasteiger partial charge in [0.2, 0.25) is 0 Å². The average molecular weight is 211 g/mol. The summed E-state index contributed by atoms with van der Waals surface area (Å²) >= 11 is 0. The van der Waals surface area contributed by atoms with Gasteiger partial charge in [0.25, 0.3) is 0 Å². The maximum atomic E-state index is 6.62. The van der Waals surface area contributed by atoms with Gasteiger partial charge in [0.1, 0.15) is 0 Å². The Kier molecular flexibility index (Phi) is 3.68. The van der Waals surface area contributed by atoms with E-state index in [4.69, 9.17) is 10.5 Å². The standard InChI is InChI=1S/C13H25NO/c1-2-11-5-3-7-13(14,9-11)12-6-4-8-15-10-12/h11-12H,2-10,14H2,1H3. The minimum Gasteiger partial charge on any atom is -0.381 e. The Hall–Kier alpha value is -0.0800. The van der Waals surface area contributed by atoms with Crippen LogP contribution in [0.2, 0.25) is 0 Å². The molecule has 15 heavy (non-hydrogen) atoms. The molecular weight excluding hydrogens is 186 g/mol. The second kappa shape index (κ2) is 4.84. The van der Waals surface area contributed by atoms with E-state index in [9.17, 15) is 0 Å². The molecule has 0 amide bonds. The maximum absolute atomic E-state index is 6.62. The molecule has 2 N–H and O–H groups in total. The van der Waals surface area contributed by atoms with Gasteiger partial charge in [0.05, 0.1) is 6.61 Å². The van der Waals surface area contributed by atoms with Crippen molar-refractivity contribution in [3.8, 4) is 0 Å². The summed E-state index contributed by atoms with van der Waals surface area (Å²) in [5.41, 5.74) is 6.72. The van der Waals surface area contributed by atoms with E-state index >= 15 is 0 Å². The Balaban J connectivity index is 1.97. The van der Waals surface area contributed by atoms with Gasteiger partial charge < -0.3 is 10.5 Å². The molecule has 0 aromatic carbocycles. The molecule has 1 aliphatic heterocycles. The zero-order valence-corrected chi connectivity index (χ0v) is 10.0. The van der Waals surface area contributed by atoms with Gasteiger partial charge in [-0.25, -0.2) is 0 Å². The molecule has 2 rings (SSSR count). The first-order chi connectivity index (χ1) is 7.24. The van der Waals surface area contributed by atoms with E-state index in [1.165, 1.54) is 44.9 Å². The second-order valence-corrected chi connectivity index (χ2v) is 5.52. The smallest absolute Gasteiger partial charge is 0.0511 e. The summed E-state index contributed by atoms with van der Waals surface area (Å²) in [4.78, 5) is 0. The minimum absolute atomic E-state index is 0.0966. The van der Waals surface area contributed by atoms with Gasteiger partial charge in [0.15, 0.2) is 0 Å². The Morgan fingerprint density at radius 3 is 2.87 bits per heavy atom. The van der Waals surface area contributed by atoms with Crippen molar-refractivity contribution in [1.82, 2.24) is 0 Å². The summed E-state index contributed by atoms with van der Waals surface area (Å²) in [6.45, 7) is 4.16. The summed E-state index contributed by atoms with van der Waals surface area (Å²) in [6.07, 6.45) is 8.96. The molecule has 0 aromatic rings. The van der Waals surface area contributed by atoms with E-state index in [1.54, 1.807) is 0 Å². The van der Waals surface area contributed by atoms with Crippen LogP contribution in [-0.2, 0) is 4.74 Å². The number of hydrogen-bond acceptors (Lipinski definition) is 2. The van der Waals surface area contributed by atoms with Crippen molar-refractivity contribution in [2.24, 2.45) is 17.6 Å². The zero-order chi connectivity index (χ0) is 10.7. The van der Waals surface area contributed by atoms with Crippen LogP contribution in [0.15, 0.2) is 0 Å². The fourth-order valence-electron chi connectivity index (χ4n) is 3.37. The molecule has 3 atom stereocenters. The van der Waals surface area contributed by atoms with E-state index < -0.39 is 0 Å². The third-order valence-corrected chi connectivity index (χ3v) is 4.47. The number of hydrogen-bond donors (Lipinski definition) is 1. The lowest BCUT2D eigenvalue weighted by Crippen LogP contribution is -2.53. The lowest BCUT2D eigenvalue weighted by molar-refractivity contribution is 0.00343. The Labute approximate surface area is 93.6 Å². The number of ether oxygens (including phenoxy) is 1. The number of nitrogens with two attached hydrogens (primary N) is 1. The molecule has 2 aliphatic rings. The average Bonchev–Trinajstić information content (AvgIpc) is 2.30. The molecular formula is C13H25NO. The van der Waals surface area contributed by atoms with Crippen molar-refractivity contribution < 1.29 is 4.74 Å². The quantitative estimate of drug-likeness (QED) is 0.762. The van der Waals surface area contributed by atoms with Gasteiger partial charge in [-0.1, -0.05) is 26.2 Å². The first kappa shape index (κ1) is 11.4. The van der Waals surface area contributed by atoms with Gasteiger partial charge in [0, 0.05) is 18.1 Å². The van der Waals surface area contributed by atoms with Crippen molar-refractivity contribution in [2.75, 3.05) is 13.2 Å². The Bertz CT molecular complexity index is 201. The monoisotopic (exact) mass is 211 g/mol. The van der Waals surface area contributed by atoms with Crippen LogP contribution in [0.3, 0.4) is 0 Å². The van der Waals surface area contributed by atoms with Gasteiger partial charge in [-0.15, -0.1) is 0 Å². The second-order valence-electron chi connectivity index (χ2n) is 5.52. The molecule has 0 radical (unpaired) electrons. The summed E-state index contributed by atoms with van der Waals surface area (Å²) in [6, 6.07) is 0. The third-order valence-electron chi connectivity index (χ3n) is 4.47. The molecule has 0 spiro atoms. The van der Waals surface area contributed by atoms with E-state index in [-0.39, 0.29) is 5.54 Å². The SMILES string of the molecule is CCC1CCCC(N)(C2CCCOC2)C1. The fraction of sp³-hybridized carbons (Fsp3) is 1.00. The van der Waals surface area contributed by atoms with Crippen molar-refractivity contribution in [2.45, 2.75) is 57.4 Å². The minimum atomic E-state index is 0.0966. The molecule has 2 fully saturated rings. The van der Waals surface area contributed by atoms with Crippen LogP contribution in [0.25, 0.3) is 0 Å². The van der Waals surface area contributed by atoms with Gasteiger partial charge >= 0.3 is 0 Å². The lowest BCUT2D eigenvalue weighted by atomic mass is 9.67. The van der Waals surface area contributed by atoms with Gasteiger partial charge in [-0.3, -0.25) is 0 Å². The Morgan fingerprint density at radius 2 is 2.20 bits per heavy atom. The molecule has 1 saturated heterocycles. The van der Waals surface area contributed by atoms with Crippen LogP contribution < -0.4 is 5.73 Å². The highest BCUT2D eigenvalue weighted by Gasteiger charge is 2.39. The molecule has 88 valence electrons. The van der Waals surface area contributed by atoms with Crippen LogP contribution >= 0.6 is 0 Å². The van der Waals surface area contributed by atoms with Crippen LogP contribution in [0, 0.1) is 11.8 Å². The van der Waals surface area contributed by atoms with E-state index in [0.29, 0.717) is 5.92 Å². The molecule has 1 aliphatic carbocycles. The lowest BCUT2D eigenvalue weighted by Gasteiger charge is -2.44. The van der Waals surface area contributed by atoms with E-state index in [1.807, 2.05) is 0 Å². The van der Waals surface area contributed by atoms with Crippen molar-refractivity contribution in [1.29, 1.82) is 0 Å². The molecule has 1 heterocycles. The van der Waals surface area contributed by atoms with Crippen molar-refractivity contribution in [3.63, 3.8) is 0 Å². The molecule has 2 heteroatoms.